The quantitative estimate of drug-likeness (QED) is 0.173. The molecular formula is C50H36N2. The molecule has 246 valence electrons. The molecule has 7 aromatic carbocycles. The van der Waals surface area contributed by atoms with Gasteiger partial charge in [0.25, 0.3) is 0 Å². The molecule has 0 unspecified atom stereocenters. The first-order valence-electron chi connectivity index (χ1n) is 18.2. The van der Waals surface area contributed by atoms with Gasteiger partial charge in [0.15, 0.2) is 0 Å². The van der Waals surface area contributed by atoms with Crippen molar-refractivity contribution in [2.24, 2.45) is 0 Å². The van der Waals surface area contributed by atoms with Crippen molar-refractivity contribution >= 4 is 21.8 Å². The lowest BCUT2D eigenvalue weighted by Crippen LogP contribution is -2.28. The SMILES string of the molecule is CCc1c(-c2ccccc2)cc(-c2ccccc2)nc1-n1c2ccccc2c2cc3c(cc21)-c1ccccc1C3(c1ccccc1)c1ccccc1. The molecule has 0 aliphatic heterocycles. The number of nitrogens with zero attached hydrogens (tertiary/aromatic N) is 2. The van der Waals surface area contributed by atoms with Gasteiger partial charge < -0.3 is 0 Å². The lowest BCUT2D eigenvalue weighted by atomic mass is 9.67. The van der Waals surface area contributed by atoms with Gasteiger partial charge >= 0.3 is 0 Å². The molecule has 10 rings (SSSR count). The average molecular weight is 665 g/mol. The van der Waals surface area contributed by atoms with Crippen molar-refractivity contribution in [2.75, 3.05) is 0 Å². The zero-order valence-electron chi connectivity index (χ0n) is 29.0. The maximum Gasteiger partial charge on any atom is 0.142 e. The van der Waals surface area contributed by atoms with Gasteiger partial charge in [0.1, 0.15) is 5.82 Å². The molecule has 0 saturated heterocycles. The summed E-state index contributed by atoms with van der Waals surface area (Å²) in [4.78, 5) is 5.57. The standard InChI is InChI=1S/C50H36N2/c1-2-38-41(34-19-7-3-8-20-34)32-46(35-21-9-4-10-22-35)51-49(38)52-47-30-18-16-28-40(47)43-31-45-42(33-48(43)52)39-27-15-17-29-44(39)50(45,36-23-11-5-12-24-36)37-25-13-6-14-26-37/h3-33H,2H2,1H3. The summed E-state index contributed by atoms with van der Waals surface area (Å²) in [6.45, 7) is 2.26. The van der Waals surface area contributed by atoms with E-state index in [1.54, 1.807) is 0 Å². The third kappa shape index (κ3) is 4.41. The molecule has 0 spiro atoms. The van der Waals surface area contributed by atoms with Crippen molar-refractivity contribution in [3.63, 3.8) is 0 Å². The molecule has 9 aromatic rings. The lowest BCUT2D eigenvalue weighted by Gasteiger charge is -2.34. The van der Waals surface area contributed by atoms with E-state index in [1.807, 2.05) is 0 Å². The molecule has 1 aliphatic carbocycles. The van der Waals surface area contributed by atoms with Crippen molar-refractivity contribution in [3.05, 3.63) is 216 Å². The molecule has 0 saturated carbocycles. The van der Waals surface area contributed by atoms with Crippen LogP contribution >= 0.6 is 0 Å². The molecule has 2 heterocycles. The second kappa shape index (κ2) is 12.1. The summed E-state index contributed by atoms with van der Waals surface area (Å²) < 4.78 is 2.44. The van der Waals surface area contributed by atoms with E-state index in [1.165, 1.54) is 60.8 Å². The van der Waals surface area contributed by atoms with E-state index >= 15 is 0 Å². The maximum atomic E-state index is 5.57. The third-order valence-corrected chi connectivity index (χ3v) is 11.1. The van der Waals surface area contributed by atoms with Gasteiger partial charge in [-0.25, -0.2) is 4.98 Å². The summed E-state index contributed by atoms with van der Waals surface area (Å²) in [6.07, 6.45) is 0.842. The Morgan fingerprint density at radius 3 is 1.71 bits per heavy atom. The molecule has 2 aromatic heterocycles. The number of hydrogen-bond acceptors (Lipinski definition) is 1. The number of aromatic nitrogens is 2. The van der Waals surface area contributed by atoms with Crippen molar-refractivity contribution in [1.29, 1.82) is 0 Å². The fourth-order valence-electron chi connectivity index (χ4n) is 8.86. The summed E-state index contributed by atoms with van der Waals surface area (Å²) in [5.41, 5.74) is 15.3. The molecule has 2 nitrogen and oxygen atoms in total. The van der Waals surface area contributed by atoms with Gasteiger partial charge in [-0.15, -0.1) is 0 Å². The Labute approximate surface area is 304 Å². The molecule has 52 heavy (non-hydrogen) atoms. The summed E-state index contributed by atoms with van der Waals surface area (Å²) >= 11 is 0. The van der Waals surface area contributed by atoms with Gasteiger partial charge in [0.05, 0.1) is 22.1 Å². The van der Waals surface area contributed by atoms with Crippen molar-refractivity contribution < 1.29 is 0 Å². The van der Waals surface area contributed by atoms with E-state index in [0.29, 0.717) is 0 Å². The topological polar surface area (TPSA) is 17.8 Å². The van der Waals surface area contributed by atoms with Crippen LogP contribution in [0.1, 0.15) is 34.7 Å². The predicted molar refractivity (Wildman–Crippen MR) is 216 cm³/mol. The van der Waals surface area contributed by atoms with E-state index in [2.05, 4.69) is 200 Å². The van der Waals surface area contributed by atoms with Crippen LogP contribution in [0.15, 0.2) is 188 Å². The number of fused-ring (bicyclic) bond motifs is 6. The molecule has 0 atom stereocenters. The number of hydrogen-bond donors (Lipinski definition) is 0. The van der Waals surface area contributed by atoms with E-state index < -0.39 is 5.41 Å². The maximum absolute atomic E-state index is 5.57. The molecule has 0 fully saturated rings. The fourth-order valence-corrected chi connectivity index (χ4v) is 8.86. The number of rotatable bonds is 6. The average Bonchev–Trinajstić information content (AvgIpc) is 3.70. The predicted octanol–water partition coefficient (Wildman–Crippen LogP) is 12.4. The van der Waals surface area contributed by atoms with Gasteiger partial charge in [-0.05, 0) is 75.2 Å². The van der Waals surface area contributed by atoms with Crippen molar-refractivity contribution in [3.8, 4) is 39.3 Å². The highest BCUT2D eigenvalue weighted by Crippen LogP contribution is 2.57. The molecule has 0 amide bonds. The summed E-state index contributed by atoms with van der Waals surface area (Å²) in [6, 6.07) is 68.6. The van der Waals surface area contributed by atoms with Gasteiger partial charge in [0, 0.05) is 21.9 Å². The highest BCUT2D eigenvalue weighted by molar-refractivity contribution is 6.12. The van der Waals surface area contributed by atoms with Gasteiger partial charge in [-0.3, -0.25) is 4.57 Å². The minimum Gasteiger partial charge on any atom is -0.294 e. The van der Waals surface area contributed by atoms with Crippen LogP contribution in [0.3, 0.4) is 0 Å². The fraction of sp³-hybridized carbons (Fsp3) is 0.0600. The monoisotopic (exact) mass is 664 g/mol. The first-order valence-corrected chi connectivity index (χ1v) is 18.2. The molecular weight excluding hydrogens is 629 g/mol. The summed E-state index contributed by atoms with van der Waals surface area (Å²) in [7, 11) is 0. The van der Waals surface area contributed by atoms with Crippen LogP contribution in [0.5, 0.6) is 0 Å². The van der Waals surface area contributed by atoms with Crippen molar-refractivity contribution in [2.45, 2.75) is 18.8 Å². The van der Waals surface area contributed by atoms with Crippen molar-refractivity contribution in [1.82, 2.24) is 9.55 Å². The van der Waals surface area contributed by atoms with Crippen LogP contribution in [0, 0.1) is 0 Å². The van der Waals surface area contributed by atoms with E-state index in [-0.39, 0.29) is 0 Å². The Balaban J connectivity index is 1.35. The zero-order chi connectivity index (χ0) is 34.6. The summed E-state index contributed by atoms with van der Waals surface area (Å²) in [5.74, 6) is 0.984. The highest BCUT2D eigenvalue weighted by atomic mass is 15.1. The third-order valence-electron chi connectivity index (χ3n) is 11.1. The van der Waals surface area contributed by atoms with Crippen LogP contribution in [0.4, 0.5) is 0 Å². The Morgan fingerprint density at radius 1 is 0.462 bits per heavy atom. The minimum atomic E-state index is -0.466. The Morgan fingerprint density at radius 2 is 1.04 bits per heavy atom. The largest absolute Gasteiger partial charge is 0.294 e. The normalized spacial score (nSPS) is 12.9. The van der Waals surface area contributed by atoms with E-state index in [9.17, 15) is 0 Å². The minimum absolute atomic E-state index is 0.466. The highest BCUT2D eigenvalue weighted by Gasteiger charge is 2.46. The van der Waals surface area contributed by atoms with Gasteiger partial charge in [0.2, 0.25) is 0 Å². The molecule has 0 radical (unpaired) electrons. The Hall–Kier alpha value is -6.51. The van der Waals surface area contributed by atoms with E-state index in [0.717, 1.165) is 34.5 Å². The second-order valence-corrected chi connectivity index (χ2v) is 13.7. The van der Waals surface area contributed by atoms with Gasteiger partial charge in [-0.2, -0.15) is 0 Å². The van der Waals surface area contributed by atoms with Crippen LogP contribution in [0.25, 0.3) is 61.1 Å². The first kappa shape index (κ1) is 30.3. The zero-order valence-corrected chi connectivity index (χ0v) is 29.0. The smallest absolute Gasteiger partial charge is 0.142 e. The molecule has 0 N–H and O–H groups in total. The van der Waals surface area contributed by atoms with Crippen LogP contribution in [0.2, 0.25) is 0 Å². The van der Waals surface area contributed by atoms with Crippen LogP contribution < -0.4 is 0 Å². The van der Waals surface area contributed by atoms with E-state index in [4.69, 9.17) is 4.98 Å². The first-order chi connectivity index (χ1) is 25.8. The van der Waals surface area contributed by atoms with Gasteiger partial charge in [-0.1, -0.05) is 171 Å². The number of benzene rings is 7. The summed E-state index contributed by atoms with van der Waals surface area (Å²) in [5, 5.41) is 2.45. The Kier molecular flexibility index (Phi) is 7.04. The molecule has 1 aliphatic rings. The number of para-hydroxylation sites is 1. The molecule has 2 heteroatoms. The van der Waals surface area contributed by atoms with Crippen LogP contribution in [-0.4, -0.2) is 9.55 Å². The lowest BCUT2D eigenvalue weighted by molar-refractivity contribution is 0.769. The molecule has 0 bridgehead atoms. The Bertz CT molecular complexity index is 2710. The number of pyridine rings is 1. The van der Waals surface area contributed by atoms with Crippen LogP contribution in [-0.2, 0) is 11.8 Å². The second-order valence-electron chi connectivity index (χ2n) is 13.7.